The molecule has 0 spiro atoms. The van der Waals surface area contributed by atoms with Crippen molar-refractivity contribution >= 4 is 27.2 Å². The third kappa shape index (κ3) is 2.37. The normalized spacial score (nSPS) is 11.0. The molecule has 0 unspecified atom stereocenters. The number of methoxy groups -OCH3 is 1. The molecule has 0 saturated heterocycles. The lowest BCUT2D eigenvalue weighted by Crippen LogP contribution is -2.00. The Kier molecular flexibility index (Phi) is 3.58. The maximum atomic E-state index is 6.33. The van der Waals surface area contributed by atoms with Gasteiger partial charge in [-0.15, -0.1) is 0 Å². The van der Waals surface area contributed by atoms with Gasteiger partial charge in [-0.2, -0.15) is 0 Å². The number of nitrogens with two attached hydrogens (primary N) is 1. The maximum absolute atomic E-state index is 6.33. The van der Waals surface area contributed by atoms with Crippen LogP contribution in [-0.4, -0.2) is 7.11 Å². The molecule has 118 valence electrons. The average molecular weight is 313 g/mol. The number of benzene rings is 4. The van der Waals surface area contributed by atoms with Crippen molar-refractivity contribution in [1.29, 1.82) is 0 Å². The summed E-state index contributed by atoms with van der Waals surface area (Å²) in [6, 6.07) is 25.0. The topological polar surface area (TPSA) is 35.2 Å². The van der Waals surface area contributed by atoms with Gasteiger partial charge < -0.3 is 10.5 Å². The second-order valence-corrected chi connectivity index (χ2v) is 6.00. The van der Waals surface area contributed by atoms with E-state index in [1.807, 2.05) is 12.1 Å². The SMILES string of the molecule is COc1ccc2ccccc2c1Cc1c(N)ccc2ccccc12. The Balaban J connectivity index is 1.96. The second-order valence-electron chi connectivity index (χ2n) is 6.00. The van der Waals surface area contributed by atoms with Gasteiger partial charge in [-0.1, -0.05) is 60.7 Å². The first-order valence-electron chi connectivity index (χ1n) is 8.08. The first-order valence-corrected chi connectivity index (χ1v) is 8.08. The predicted molar refractivity (Wildman–Crippen MR) is 102 cm³/mol. The van der Waals surface area contributed by atoms with E-state index < -0.39 is 0 Å². The van der Waals surface area contributed by atoms with E-state index in [-0.39, 0.29) is 0 Å². The molecule has 2 nitrogen and oxygen atoms in total. The van der Waals surface area contributed by atoms with Crippen molar-refractivity contribution in [3.05, 3.63) is 83.9 Å². The summed E-state index contributed by atoms with van der Waals surface area (Å²) in [5.41, 5.74) is 9.49. The van der Waals surface area contributed by atoms with Crippen molar-refractivity contribution in [2.75, 3.05) is 12.8 Å². The molecule has 4 aromatic carbocycles. The first kappa shape index (κ1) is 14.6. The molecular formula is C22H19NO. The van der Waals surface area contributed by atoms with Crippen molar-refractivity contribution in [1.82, 2.24) is 0 Å². The summed E-state index contributed by atoms with van der Waals surface area (Å²) in [5.74, 6) is 0.904. The molecule has 0 saturated carbocycles. The summed E-state index contributed by atoms with van der Waals surface area (Å²) < 4.78 is 5.64. The molecule has 0 bridgehead atoms. The zero-order chi connectivity index (χ0) is 16.5. The Labute approximate surface area is 141 Å². The van der Waals surface area contributed by atoms with Crippen molar-refractivity contribution in [2.24, 2.45) is 0 Å². The number of rotatable bonds is 3. The van der Waals surface area contributed by atoms with E-state index in [1.165, 1.54) is 27.1 Å². The lowest BCUT2D eigenvalue weighted by atomic mass is 9.93. The Morgan fingerprint density at radius 3 is 1.96 bits per heavy atom. The van der Waals surface area contributed by atoms with Gasteiger partial charge in [-0.3, -0.25) is 0 Å². The van der Waals surface area contributed by atoms with Crippen LogP contribution in [0.15, 0.2) is 72.8 Å². The molecule has 24 heavy (non-hydrogen) atoms. The fraction of sp³-hybridized carbons (Fsp3) is 0.0909. The van der Waals surface area contributed by atoms with E-state index in [0.717, 1.165) is 23.4 Å². The number of nitrogen functional groups attached to an aromatic ring is 1. The predicted octanol–water partition coefficient (Wildman–Crippen LogP) is 5.17. The minimum atomic E-state index is 0.748. The van der Waals surface area contributed by atoms with E-state index in [1.54, 1.807) is 7.11 Å². The van der Waals surface area contributed by atoms with Gasteiger partial charge >= 0.3 is 0 Å². The number of anilines is 1. The molecule has 0 fully saturated rings. The fourth-order valence-electron chi connectivity index (χ4n) is 3.42. The third-order valence-electron chi connectivity index (χ3n) is 4.65. The molecule has 0 aromatic heterocycles. The van der Waals surface area contributed by atoms with E-state index >= 15 is 0 Å². The second kappa shape index (κ2) is 5.89. The highest BCUT2D eigenvalue weighted by Gasteiger charge is 2.13. The molecule has 2 heteroatoms. The Morgan fingerprint density at radius 1 is 0.708 bits per heavy atom. The lowest BCUT2D eigenvalue weighted by molar-refractivity contribution is 0.411. The van der Waals surface area contributed by atoms with Crippen LogP contribution in [-0.2, 0) is 6.42 Å². The number of ether oxygens (including phenoxy) is 1. The van der Waals surface area contributed by atoms with Gasteiger partial charge in [-0.25, -0.2) is 0 Å². The van der Waals surface area contributed by atoms with Crippen LogP contribution in [0, 0.1) is 0 Å². The van der Waals surface area contributed by atoms with Gasteiger partial charge in [0, 0.05) is 17.7 Å². The van der Waals surface area contributed by atoms with E-state index in [9.17, 15) is 0 Å². The zero-order valence-electron chi connectivity index (χ0n) is 13.6. The Bertz CT molecular complexity index is 1040. The molecule has 0 radical (unpaired) electrons. The van der Waals surface area contributed by atoms with Gasteiger partial charge in [0.25, 0.3) is 0 Å². The van der Waals surface area contributed by atoms with Crippen LogP contribution in [0.2, 0.25) is 0 Å². The van der Waals surface area contributed by atoms with Crippen LogP contribution < -0.4 is 10.5 Å². The summed E-state index contributed by atoms with van der Waals surface area (Å²) in [6.07, 6.45) is 0.748. The van der Waals surface area contributed by atoms with Gasteiger partial charge in [0.05, 0.1) is 7.11 Å². The number of fused-ring (bicyclic) bond motifs is 2. The summed E-state index contributed by atoms with van der Waals surface area (Å²) in [6.45, 7) is 0. The van der Waals surface area contributed by atoms with Crippen LogP contribution in [0.3, 0.4) is 0 Å². The van der Waals surface area contributed by atoms with Crippen LogP contribution in [0.4, 0.5) is 5.69 Å². The molecular weight excluding hydrogens is 294 g/mol. The molecule has 0 aliphatic heterocycles. The quantitative estimate of drug-likeness (QED) is 0.529. The summed E-state index contributed by atoms with van der Waals surface area (Å²) >= 11 is 0. The number of hydrogen-bond donors (Lipinski definition) is 1. The number of hydrogen-bond acceptors (Lipinski definition) is 2. The summed E-state index contributed by atoms with van der Waals surface area (Å²) in [7, 11) is 1.72. The molecule has 2 N–H and O–H groups in total. The average Bonchev–Trinajstić information content (AvgIpc) is 2.64. The van der Waals surface area contributed by atoms with Crippen LogP contribution in [0.5, 0.6) is 5.75 Å². The summed E-state index contributed by atoms with van der Waals surface area (Å²) in [5, 5.41) is 4.84. The van der Waals surface area contributed by atoms with Gasteiger partial charge in [0.2, 0.25) is 0 Å². The summed E-state index contributed by atoms with van der Waals surface area (Å²) in [4.78, 5) is 0. The molecule has 0 heterocycles. The largest absolute Gasteiger partial charge is 0.496 e. The molecule has 0 aliphatic carbocycles. The fourth-order valence-corrected chi connectivity index (χ4v) is 3.42. The highest BCUT2D eigenvalue weighted by atomic mass is 16.5. The maximum Gasteiger partial charge on any atom is 0.123 e. The standard InChI is InChI=1S/C22H19NO/c1-24-22-13-11-16-7-3-5-9-18(16)20(22)14-19-17-8-4-2-6-15(17)10-12-21(19)23/h2-13H,14,23H2,1H3. The zero-order valence-corrected chi connectivity index (χ0v) is 13.6. The van der Waals surface area contributed by atoms with Crippen molar-refractivity contribution < 1.29 is 4.74 Å². The van der Waals surface area contributed by atoms with Gasteiger partial charge in [0.1, 0.15) is 5.75 Å². The van der Waals surface area contributed by atoms with Crippen molar-refractivity contribution in [3.8, 4) is 5.75 Å². The van der Waals surface area contributed by atoms with Crippen molar-refractivity contribution in [3.63, 3.8) is 0 Å². The first-order chi connectivity index (χ1) is 11.8. The van der Waals surface area contributed by atoms with E-state index in [2.05, 4.69) is 60.7 Å². The minimum Gasteiger partial charge on any atom is -0.496 e. The molecule has 0 amide bonds. The van der Waals surface area contributed by atoms with Crippen LogP contribution in [0.25, 0.3) is 21.5 Å². The highest BCUT2D eigenvalue weighted by Crippen LogP contribution is 2.34. The smallest absolute Gasteiger partial charge is 0.123 e. The lowest BCUT2D eigenvalue weighted by Gasteiger charge is -2.15. The Hall–Kier alpha value is -3.00. The van der Waals surface area contributed by atoms with E-state index in [4.69, 9.17) is 10.5 Å². The Morgan fingerprint density at radius 2 is 1.29 bits per heavy atom. The highest BCUT2D eigenvalue weighted by molar-refractivity contribution is 5.92. The van der Waals surface area contributed by atoms with Gasteiger partial charge in [0.15, 0.2) is 0 Å². The van der Waals surface area contributed by atoms with Crippen LogP contribution in [0.1, 0.15) is 11.1 Å². The molecule has 4 aromatic rings. The minimum absolute atomic E-state index is 0.748. The molecule has 0 aliphatic rings. The third-order valence-corrected chi connectivity index (χ3v) is 4.65. The van der Waals surface area contributed by atoms with Gasteiger partial charge in [-0.05, 0) is 39.2 Å². The van der Waals surface area contributed by atoms with Crippen LogP contribution >= 0.6 is 0 Å². The molecule has 0 atom stereocenters. The van der Waals surface area contributed by atoms with Crippen molar-refractivity contribution in [2.45, 2.75) is 6.42 Å². The van der Waals surface area contributed by atoms with E-state index in [0.29, 0.717) is 0 Å². The monoisotopic (exact) mass is 313 g/mol. The molecule has 4 rings (SSSR count).